The van der Waals surface area contributed by atoms with E-state index >= 15 is 0 Å². The third-order valence-electron chi connectivity index (χ3n) is 2.17. The highest BCUT2D eigenvalue weighted by atomic mass is 16.3. The standard InChI is InChI=1S/C12H14O/c1-4-11-9(3)6-7-10(8-13)12(11)5-2/h4-7,13H,1-2,8H2,3H3. The van der Waals surface area contributed by atoms with Gasteiger partial charge in [-0.25, -0.2) is 0 Å². The van der Waals surface area contributed by atoms with Gasteiger partial charge < -0.3 is 5.11 Å². The number of aryl methyl sites for hydroxylation is 1. The zero-order valence-electron chi connectivity index (χ0n) is 7.88. The van der Waals surface area contributed by atoms with Gasteiger partial charge in [-0.15, -0.1) is 0 Å². The predicted octanol–water partition coefficient (Wildman–Crippen LogP) is 2.77. The fourth-order valence-corrected chi connectivity index (χ4v) is 1.44. The van der Waals surface area contributed by atoms with Crippen LogP contribution in [0.4, 0.5) is 0 Å². The molecule has 0 heterocycles. The van der Waals surface area contributed by atoms with E-state index in [0.717, 1.165) is 22.3 Å². The first-order valence-corrected chi connectivity index (χ1v) is 4.22. The minimum absolute atomic E-state index is 0.0441. The maximum atomic E-state index is 9.08. The van der Waals surface area contributed by atoms with E-state index in [9.17, 15) is 0 Å². The zero-order chi connectivity index (χ0) is 9.84. The average Bonchev–Trinajstić information content (AvgIpc) is 2.17. The summed E-state index contributed by atoms with van der Waals surface area (Å²) in [6.07, 6.45) is 3.56. The van der Waals surface area contributed by atoms with Crippen molar-refractivity contribution in [3.63, 3.8) is 0 Å². The molecule has 0 spiro atoms. The van der Waals surface area contributed by atoms with Crippen LogP contribution in [0.25, 0.3) is 12.2 Å². The summed E-state index contributed by atoms with van der Waals surface area (Å²) in [7, 11) is 0. The Hall–Kier alpha value is -1.34. The zero-order valence-corrected chi connectivity index (χ0v) is 7.88. The number of aliphatic hydroxyl groups excluding tert-OH is 1. The summed E-state index contributed by atoms with van der Waals surface area (Å²) in [5.74, 6) is 0. The first-order chi connectivity index (χ1) is 6.24. The van der Waals surface area contributed by atoms with Gasteiger partial charge in [0.1, 0.15) is 0 Å². The highest BCUT2D eigenvalue weighted by Crippen LogP contribution is 2.21. The van der Waals surface area contributed by atoms with E-state index in [4.69, 9.17) is 5.11 Å². The molecule has 0 saturated carbocycles. The molecule has 13 heavy (non-hydrogen) atoms. The second-order valence-corrected chi connectivity index (χ2v) is 2.94. The molecule has 0 radical (unpaired) electrons. The maximum Gasteiger partial charge on any atom is 0.0687 e. The van der Waals surface area contributed by atoms with Gasteiger partial charge in [0.2, 0.25) is 0 Å². The van der Waals surface area contributed by atoms with Gasteiger partial charge in [-0.05, 0) is 29.2 Å². The van der Waals surface area contributed by atoms with Crippen LogP contribution >= 0.6 is 0 Å². The molecule has 0 fully saturated rings. The lowest BCUT2D eigenvalue weighted by Crippen LogP contribution is -1.94. The Kier molecular flexibility index (Phi) is 3.04. The van der Waals surface area contributed by atoms with E-state index in [0.29, 0.717) is 0 Å². The molecule has 0 bridgehead atoms. The molecule has 0 unspecified atom stereocenters. The SMILES string of the molecule is C=Cc1c(C)ccc(CO)c1C=C. The van der Waals surface area contributed by atoms with Crippen LogP contribution in [0, 0.1) is 6.92 Å². The lowest BCUT2D eigenvalue weighted by molar-refractivity contribution is 0.281. The van der Waals surface area contributed by atoms with Crippen molar-refractivity contribution in [2.75, 3.05) is 0 Å². The summed E-state index contributed by atoms with van der Waals surface area (Å²) >= 11 is 0. The minimum Gasteiger partial charge on any atom is -0.392 e. The molecule has 0 atom stereocenters. The van der Waals surface area contributed by atoms with E-state index < -0.39 is 0 Å². The van der Waals surface area contributed by atoms with Crippen molar-refractivity contribution < 1.29 is 5.11 Å². The van der Waals surface area contributed by atoms with Crippen LogP contribution in [0.3, 0.4) is 0 Å². The predicted molar refractivity (Wildman–Crippen MR) is 57.3 cm³/mol. The van der Waals surface area contributed by atoms with Crippen molar-refractivity contribution in [2.24, 2.45) is 0 Å². The third-order valence-corrected chi connectivity index (χ3v) is 2.17. The number of aliphatic hydroxyl groups is 1. The molecule has 1 nitrogen and oxygen atoms in total. The van der Waals surface area contributed by atoms with Crippen LogP contribution in [0.5, 0.6) is 0 Å². The Labute approximate surface area is 79.0 Å². The lowest BCUT2D eigenvalue weighted by atomic mass is 9.97. The molecule has 0 saturated heterocycles. The molecular weight excluding hydrogens is 160 g/mol. The Morgan fingerprint density at radius 1 is 1.23 bits per heavy atom. The molecule has 0 amide bonds. The molecular formula is C12H14O. The molecule has 1 N–H and O–H groups in total. The first kappa shape index (κ1) is 9.75. The second-order valence-electron chi connectivity index (χ2n) is 2.94. The number of hydrogen-bond acceptors (Lipinski definition) is 1. The maximum absolute atomic E-state index is 9.08. The fourth-order valence-electron chi connectivity index (χ4n) is 1.44. The van der Waals surface area contributed by atoms with E-state index in [1.807, 2.05) is 19.1 Å². The Bertz CT molecular complexity index is 337. The summed E-state index contributed by atoms with van der Waals surface area (Å²) < 4.78 is 0. The largest absolute Gasteiger partial charge is 0.392 e. The Morgan fingerprint density at radius 3 is 2.31 bits per heavy atom. The number of rotatable bonds is 3. The molecule has 1 heteroatoms. The van der Waals surface area contributed by atoms with Gasteiger partial charge in [0.05, 0.1) is 6.61 Å². The van der Waals surface area contributed by atoms with Gasteiger partial charge in [0, 0.05) is 0 Å². The first-order valence-electron chi connectivity index (χ1n) is 4.22. The number of benzene rings is 1. The van der Waals surface area contributed by atoms with Gasteiger partial charge in [0.25, 0.3) is 0 Å². The van der Waals surface area contributed by atoms with Crippen molar-refractivity contribution in [2.45, 2.75) is 13.5 Å². The molecule has 0 aliphatic heterocycles. The summed E-state index contributed by atoms with van der Waals surface area (Å²) in [5, 5.41) is 9.08. The smallest absolute Gasteiger partial charge is 0.0687 e. The lowest BCUT2D eigenvalue weighted by Gasteiger charge is -2.09. The molecule has 1 rings (SSSR count). The van der Waals surface area contributed by atoms with Gasteiger partial charge in [-0.3, -0.25) is 0 Å². The summed E-state index contributed by atoms with van der Waals surface area (Å²) in [4.78, 5) is 0. The topological polar surface area (TPSA) is 20.2 Å². The summed E-state index contributed by atoms with van der Waals surface area (Å²) in [6, 6.07) is 3.90. The van der Waals surface area contributed by atoms with Crippen LogP contribution in [0.15, 0.2) is 25.3 Å². The monoisotopic (exact) mass is 174 g/mol. The van der Waals surface area contributed by atoms with Crippen LogP contribution in [-0.2, 0) is 6.61 Å². The summed E-state index contributed by atoms with van der Waals surface area (Å²) in [5.41, 5.74) is 4.09. The normalized spacial score (nSPS) is 9.69. The Morgan fingerprint density at radius 2 is 1.85 bits per heavy atom. The van der Waals surface area contributed by atoms with Crippen LogP contribution in [0.1, 0.15) is 22.3 Å². The highest BCUT2D eigenvalue weighted by molar-refractivity contribution is 5.68. The van der Waals surface area contributed by atoms with Crippen molar-refractivity contribution >= 4 is 12.2 Å². The Balaban J connectivity index is 3.44. The van der Waals surface area contributed by atoms with E-state index in [1.165, 1.54) is 0 Å². The number of hydrogen-bond donors (Lipinski definition) is 1. The van der Waals surface area contributed by atoms with Crippen molar-refractivity contribution in [1.82, 2.24) is 0 Å². The summed E-state index contributed by atoms with van der Waals surface area (Å²) in [6.45, 7) is 9.54. The van der Waals surface area contributed by atoms with Gasteiger partial charge in [-0.2, -0.15) is 0 Å². The molecule has 1 aromatic rings. The van der Waals surface area contributed by atoms with Crippen molar-refractivity contribution in [1.29, 1.82) is 0 Å². The van der Waals surface area contributed by atoms with Gasteiger partial charge in [-0.1, -0.05) is 37.4 Å². The average molecular weight is 174 g/mol. The molecule has 0 aliphatic carbocycles. The van der Waals surface area contributed by atoms with Crippen molar-refractivity contribution in [3.8, 4) is 0 Å². The van der Waals surface area contributed by atoms with E-state index in [-0.39, 0.29) is 6.61 Å². The molecule has 0 aliphatic rings. The van der Waals surface area contributed by atoms with Crippen LogP contribution in [0.2, 0.25) is 0 Å². The van der Waals surface area contributed by atoms with Gasteiger partial charge in [0.15, 0.2) is 0 Å². The van der Waals surface area contributed by atoms with Crippen molar-refractivity contribution in [3.05, 3.63) is 47.5 Å². The highest BCUT2D eigenvalue weighted by Gasteiger charge is 2.04. The fraction of sp³-hybridized carbons (Fsp3) is 0.167. The second kappa shape index (κ2) is 4.06. The third kappa shape index (κ3) is 1.70. The van der Waals surface area contributed by atoms with Crippen LogP contribution in [-0.4, -0.2) is 5.11 Å². The van der Waals surface area contributed by atoms with E-state index in [2.05, 4.69) is 13.2 Å². The van der Waals surface area contributed by atoms with Crippen LogP contribution < -0.4 is 0 Å². The van der Waals surface area contributed by atoms with E-state index in [1.54, 1.807) is 12.2 Å². The molecule has 0 aromatic heterocycles. The molecule has 1 aromatic carbocycles. The molecule has 68 valence electrons. The quantitative estimate of drug-likeness (QED) is 0.747. The minimum atomic E-state index is 0.0441. The van der Waals surface area contributed by atoms with Gasteiger partial charge >= 0.3 is 0 Å².